The van der Waals surface area contributed by atoms with Crippen LogP contribution in [-0.2, 0) is 9.59 Å². The Morgan fingerprint density at radius 3 is 2.50 bits per heavy atom. The summed E-state index contributed by atoms with van der Waals surface area (Å²) in [6.45, 7) is 0. The number of hydrogen-bond acceptors (Lipinski definition) is 5. The fourth-order valence-electron chi connectivity index (χ4n) is 2.15. The summed E-state index contributed by atoms with van der Waals surface area (Å²) in [7, 11) is 0. The van der Waals surface area contributed by atoms with Crippen LogP contribution in [0.5, 0.6) is 0 Å². The van der Waals surface area contributed by atoms with Crippen LogP contribution in [0.15, 0.2) is 72.0 Å². The molecule has 5 heteroatoms. The fourth-order valence-corrected chi connectivity index (χ4v) is 2.15. The van der Waals surface area contributed by atoms with Gasteiger partial charge < -0.3 is 0 Å². The number of hydrazone groups is 1. The van der Waals surface area contributed by atoms with Crippen molar-refractivity contribution in [3.8, 4) is 0 Å². The van der Waals surface area contributed by atoms with Gasteiger partial charge in [-0.05, 0) is 30.3 Å². The van der Waals surface area contributed by atoms with Crippen LogP contribution >= 0.6 is 0 Å². The largest absolute Gasteiger partial charge is 0.291 e. The minimum Gasteiger partial charge on any atom is -0.291 e. The molecule has 1 aromatic heterocycles. The van der Waals surface area contributed by atoms with E-state index in [1.165, 1.54) is 6.08 Å². The lowest BCUT2D eigenvalue weighted by Gasteiger charge is -2.15. The summed E-state index contributed by atoms with van der Waals surface area (Å²) >= 11 is 0. The van der Waals surface area contributed by atoms with Crippen molar-refractivity contribution >= 4 is 23.0 Å². The van der Waals surface area contributed by atoms with Gasteiger partial charge in [0.25, 0.3) is 0 Å². The number of para-hydroxylation sites is 1. The first kappa shape index (κ1) is 13.9. The highest BCUT2D eigenvalue weighted by Crippen LogP contribution is 2.21. The summed E-state index contributed by atoms with van der Waals surface area (Å²) in [6, 6.07) is 14.5. The Balaban J connectivity index is 1.87. The molecule has 2 aromatic rings. The van der Waals surface area contributed by atoms with Gasteiger partial charge in [-0.2, -0.15) is 5.10 Å². The lowest BCUT2D eigenvalue weighted by Crippen LogP contribution is -2.32. The van der Waals surface area contributed by atoms with E-state index in [4.69, 9.17) is 0 Å². The third-order valence-electron chi connectivity index (χ3n) is 3.27. The lowest BCUT2D eigenvalue weighted by atomic mass is 9.89. The predicted molar refractivity (Wildman–Crippen MR) is 83.6 cm³/mol. The number of rotatable bonds is 3. The number of hydrogen-bond donors (Lipinski definition) is 1. The van der Waals surface area contributed by atoms with E-state index in [2.05, 4.69) is 15.5 Å². The van der Waals surface area contributed by atoms with Crippen molar-refractivity contribution in [1.82, 2.24) is 4.98 Å². The van der Waals surface area contributed by atoms with Gasteiger partial charge in [0.15, 0.2) is 11.5 Å². The predicted octanol–water partition coefficient (Wildman–Crippen LogP) is 2.34. The van der Waals surface area contributed by atoms with Crippen LogP contribution in [-0.4, -0.2) is 22.3 Å². The Bertz CT molecular complexity index is 752. The zero-order valence-corrected chi connectivity index (χ0v) is 11.6. The van der Waals surface area contributed by atoms with Crippen LogP contribution in [0.4, 0.5) is 5.69 Å². The van der Waals surface area contributed by atoms with Crippen LogP contribution in [0, 0.1) is 0 Å². The number of allylic oxidation sites excluding steroid dienone is 2. The molecule has 0 fully saturated rings. The van der Waals surface area contributed by atoms with Gasteiger partial charge in [0, 0.05) is 6.20 Å². The Labute approximate surface area is 127 Å². The summed E-state index contributed by atoms with van der Waals surface area (Å²) in [5.74, 6) is -1.33. The van der Waals surface area contributed by atoms with Gasteiger partial charge in [0.05, 0.1) is 17.3 Å². The number of ketones is 2. The molecular formula is C17H13N3O2. The lowest BCUT2D eigenvalue weighted by molar-refractivity contribution is -0.116. The number of Topliss-reactive ketones (excluding diaryl/α,β-unsaturated/α-hetero) is 1. The van der Waals surface area contributed by atoms with E-state index in [0.29, 0.717) is 11.4 Å². The smallest absolute Gasteiger partial charge is 0.209 e. The number of carbonyl (C=O) groups is 2. The van der Waals surface area contributed by atoms with Gasteiger partial charge in [-0.25, -0.2) is 0 Å². The third-order valence-corrected chi connectivity index (χ3v) is 3.27. The number of aromatic nitrogens is 1. The molecular weight excluding hydrogens is 278 g/mol. The van der Waals surface area contributed by atoms with E-state index in [-0.39, 0.29) is 11.5 Å². The number of nitrogens with zero attached hydrogens (tertiary/aromatic N) is 2. The molecule has 0 radical (unpaired) electrons. The first-order valence-corrected chi connectivity index (χ1v) is 6.82. The average molecular weight is 291 g/mol. The highest BCUT2D eigenvalue weighted by atomic mass is 16.2. The number of nitrogens with one attached hydrogen (secondary N) is 1. The summed E-state index contributed by atoms with van der Waals surface area (Å²) in [4.78, 5) is 28.6. The molecule has 0 bridgehead atoms. The summed E-state index contributed by atoms with van der Waals surface area (Å²) < 4.78 is 0. The molecule has 0 saturated carbocycles. The second-order valence-electron chi connectivity index (χ2n) is 4.76. The first-order valence-electron chi connectivity index (χ1n) is 6.82. The molecule has 1 aliphatic carbocycles. The van der Waals surface area contributed by atoms with Crippen molar-refractivity contribution < 1.29 is 9.59 Å². The van der Waals surface area contributed by atoms with Crippen molar-refractivity contribution in [3.63, 3.8) is 0 Å². The van der Waals surface area contributed by atoms with E-state index in [9.17, 15) is 9.59 Å². The van der Waals surface area contributed by atoms with Gasteiger partial charge in [-0.1, -0.05) is 30.3 Å². The van der Waals surface area contributed by atoms with Gasteiger partial charge in [-0.15, -0.1) is 0 Å². The quantitative estimate of drug-likeness (QED) is 0.881. The number of benzene rings is 1. The van der Waals surface area contributed by atoms with E-state index >= 15 is 0 Å². The first-order chi connectivity index (χ1) is 10.8. The maximum atomic E-state index is 12.5. The molecule has 1 atom stereocenters. The minimum atomic E-state index is -0.574. The Morgan fingerprint density at radius 1 is 1.00 bits per heavy atom. The Hall–Kier alpha value is -3.08. The van der Waals surface area contributed by atoms with Crippen molar-refractivity contribution in [2.75, 3.05) is 5.43 Å². The van der Waals surface area contributed by atoms with Crippen LogP contribution in [0.2, 0.25) is 0 Å². The summed E-state index contributed by atoms with van der Waals surface area (Å²) in [6.07, 6.45) is 4.55. The van der Waals surface area contributed by atoms with Crippen LogP contribution < -0.4 is 5.43 Å². The van der Waals surface area contributed by atoms with Crippen molar-refractivity contribution in [2.24, 2.45) is 5.10 Å². The Morgan fingerprint density at radius 2 is 1.77 bits per heavy atom. The molecule has 0 saturated heterocycles. The van der Waals surface area contributed by atoms with E-state index < -0.39 is 11.7 Å². The second-order valence-corrected chi connectivity index (χ2v) is 4.76. The van der Waals surface area contributed by atoms with Gasteiger partial charge in [0.1, 0.15) is 0 Å². The van der Waals surface area contributed by atoms with E-state index in [1.54, 1.807) is 42.6 Å². The third kappa shape index (κ3) is 2.83. The maximum absolute atomic E-state index is 12.5. The monoisotopic (exact) mass is 291 g/mol. The van der Waals surface area contributed by atoms with E-state index in [0.717, 1.165) is 0 Å². The molecule has 1 aromatic carbocycles. The molecule has 1 N–H and O–H groups in total. The van der Waals surface area contributed by atoms with Gasteiger partial charge >= 0.3 is 0 Å². The van der Waals surface area contributed by atoms with Crippen molar-refractivity contribution in [3.05, 3.63) is 72.6 Å². The molecule has 1 unspecified atom stereocenters. The molecule has 0 aliphatic heterocycles. The highest BCUT2D eigenvalue weighted by molar-refractivity contribution is 6.70. The van der Waals surface area contributed by atoms with E-state index in [1.807, 2.05) is 18.2 Å². The topological polar surface area (TPSA) is 71.4 Å². The standard InChI is InChI=1S/C17H13N3O2/c21-15-10-9-13(14-8-4-5-11-18-14)17(22)16(15)20-19-12-6-2-1-3-7-12/h1-11,13,19H. The molecule has 3 rings (SSSR count). The number of pyridine rings is 1. The molecule has 22 heavy (non-hydrogen) atoms. The number of anilines is 1. The van der Waals surface area contributed by atoms with Crippen molar-refractivity contribution in [2.45, 2.75) is 5.92 Å². The molecule has 0 amide bonds. The molecule has 1 heterocycles. The Kier molecular flexibility index (Phi) is 3.87. The van der Waals surface area contributed by atoms with Crippen LogP contribution in [0.1, 0.15) is 11.6 Å². The second kappa shape index (κ2) is 6.13. The zero-order chi connectivity index (χ0) is 15.4. The zero-order valence-electron chi connectivity index (χ0n) is 11.6. The fraction of sp³-hybridized carbons (Fsp3) is 0.0588. The summed E-state index contributed by atoms with van der Waals surface area (Å²) in [5, 5.41) is 3.98. The van der Waals surface area contributed by atoms with Crippen molar-refractivity contribution in [1.29, 1.82) is 0 Å². The van der Waals surface area contributed by atoms with Gasteiger partial charge in [-0.3, -0.25) is 20.0 Å². The molecule has 0 spiro atoms. The van der Waals surface area contributed by atoms with Crippen LogP contribution in [0.25, 0.3) is 0 Å². The van der Waals surface area contributed by atoms with Crippen LogP contribution in [0.3, 0.4) is 0 Å². The summed E-state index contributed by atoms with van der Waals surface area (Å²) in [5.41, 5.74) is 3.94. The molecule has 108 valence electrons. The normalized spacial score (nSPS) is 19.5. The SMILES string of the molecule is O=C1C=CC(c2ccccn2)C(=O)C1=NNc1ccccc1. The molecule has 5 nitrogen and oxygen atoms in total. The molecule has 1 aliphatic rings. The average Bonchev–Trinajstić information content (AvgIpc) is 2.56. The minimum absolute atomic E-state index is 0.109. The van der Waals surface area contributed by atoms with Gasteiger partial charge in [0.2, 0.25) is 5.78 Å². The maximum Gasteiger partial charge on any atom is 0.209 e. The number of carbonyl (C=O) groups excluding carboxylic acids is 2. The highest BCUT2D eigenvalue weighted by Gasteiger charge is 2.31.